The molecule has 1 aliphatic heterocycles. The van der Waals surface area contributed by atoms with Gasteiger partial charge in [0.1, 0.15) is 5.58 Å². The highest BCUT2D eigenvalue weighted by molar-refractivity contribution is 9.10. The Morgan fingerprint density at radius 3 is 2.50 bits per heavy atom. The molecule has 0 saturated carbocycles. The summed E-state index contributed by atoms with van der Waals surface area (Å²) in [7, 11) is 0. The van der Waals surface area contributed by atoms with E-state index in [4.69, 9.17) is 4.42 Å². The topological polar surface area (TPSA) is 53.8 Å². The molecule has 6 heteroatoms. The van der Waals surface area contributed by atoms with E-state index in [2.05, 4.69) is 34.7 Å². The van der Waals surface area contributed by atoms with Crippen LogP contribution in [0.5, 0.6) is 0 Å². The van der Waals surface area contributed by atoms with E-state index in [1.165, 1.54) is 0 Å². The molecule has 0 bridgehead atoms. The molecule has 0 spiro atoms. The van der Waals surface area contributed by atoms with Gasteiger partial charge in [0.25, 0.3) is 5.91 Å². The van der Waals surface area contributed by atoms with Gasteiger partial charge in [-0.1, -0.05) is 60.1 Å². The molecule has 4 rings (SSSR count). The third kappa shape index (κ3) is 3.70. The zero-order valence-electron chi connectivity index (χ0n) is 17.2. The van der Waals surface area contributed by atoms with Gasteiger partial charge in [-0.05, 0) is 49.8 Å². The lowest BCUT2D eigenvalue weighted by molar-refractivity contribution is 0.0720. The molecule has 0 fully saturated rings. The van der Waals surface area contributed by atoms with Gasteiger partial charge in [-0.3, -0.25) is 9.59 Å². The second-order valence-electron chi connectivity index (χ2n) is 7.51. The van der Waals surface area contributed by atoms with E-state index in [1.54, 1.807) is 17.0 Å². The van der Waals surface area contributed by atoms with Gasteiger partial charge in [-0.25, -0.2) is 0 Å². The number of nitrogens with zero attached hydrogens (tertiary/aromatic N) is 2. The molecule has 2 aromatic carbocycles. The van der Waals surface area contributed by atoms with Crippen LogP contribution in [0.3, 0.4) is 0 Å². The van der Waals surface area contributed by atoms with Crippen molar-refractivity contribution in [1.82, 2.24) is 9.80 Å². The fraction of sp³-hybridized carbons (Fsp3) is 0.333. The molecule has 0 radical (unpaired) electrons. The van der Waals surface area contributed by atoms with E-state index < -0.39 is 6.04 Å². The second-order valence-corrected chi connectivity index (χ2v) is 8.42. The number of hydrogen-bond acceptors (Lipinski definition) is 4. The normalized spacial score (nSPS) is 15.9. The maximum Gasteiger partial charge on any atom is 0.290 e. The summed E-state index contributed by atoms with van der Waals surface area (Å²) in [4.78, 5) is 30.9. The summed E-state index contributed by atoms with van der Waals surface area (Å²) in [5.41, 5.74) is 1.67. The fourth-order valence-electron chi connectivity index (χ4n) is 4.21. The van der Waals surface area contributed by atoms with Crippen molar-refractivity contribution in [3.8, 4) is 0 Å². The second kappa shape index (κ2) is 8.74. The van der Waals surface area contributed by atoms with Gasteiger partial charge in [-0.15, -0.1) is 0 Å². The van der Waals surface area contributed by atoms with Crippen LogP contribution < -0.4 is 5.43 Å². The van der Waals surface area contributed by atoms with Gasteiger partial charge in [0, 0.05) is 11.0 Å². The Kier molecular flexibility index (Phi) is 6.06. The summed E-state index contributed by atoms with van der Waals surface area (Å²) in [6.45, 7) is 7.71. The highest BCUT2D eigenvalue weighted by Crippen LogP contribution is 2.38. The van der Waals surface area contributed by atoms with Crippen molar-refractivity contribution in [3.05, 3.63) is 80.1 Å². The lowest BCUT2D eigenvalue weighted by Gasteiger charge is -2.26. The Labute approximate surface area is 184 Å². The van der Waals surface area contributed by atoms with E-state index >= 15 is 0 Å². The van der Waals surface area contributed by atoms with Crippen molar-refractivity contribution < 1.29 is 9.21 Å². The van der Waals surface area contributed by atoms with Gasteiger partial charge < -0.3 is 14.2 Å². The molecular weight excluding hydrogens is 444 g/mol. The zero-order chi connectivity index (χ0) is 21.3. The fourth-order valence-corrected chi connectivity index (χ4v) is 4.57. The van der Waals surface area contributed by atoms with Crippen molar-refractivity contribution in [2.24, 2.45) is 0 Å². The number of benzene rings is 2. The predicted molar refractivity (Wildman–Crippen MR) is 122 cm³/mol. The first-order valence-electron chi connectivity index (χ1n) is 10.4. The number of rotatable bonds is 7. The molecule has 0 aliphatic carbocycles. The van der Waals surface area contributed by atoms with Crippen LogP contribution >= 0.6 is 15.9 Å². The van der Waals surface area contributed by atoms with E-state index in [0.29, 0.717) is 23.1 Å². The van der Waals surface area contributed by atoms with Gasteiger partial charge >= 0.3 is 0 Å². The Morgan fingerprint density at radius 2 is 1.80 bits per heavy atom. The van der Waals surface area contributed by atoms with E-state index in [-0.39, 0.29) is 17.1 Å². The van der Waals surface area contributed by atoms with Crippen LogP contribution in [0.2, 0.25) is 0 Å². The third-order valence-electron chi connectivity index (χ3n) is 5.81. The number of carbonyl (C=O) groups is 1. The summed E-state index contributed by atoms with van der Waals surface area (Å²) < 4.78 is 6.79. The first-order chi connectivity index (χ1) is 14.5. The summed E-state index contributed by atoms with van der Waals surface area (Å²) >= 11 is 3.43. The summed E-state index contributed by atoms with van der Waals surface area (Å²) in [5, 5.41) is 0.488. The predicted octanol–water partition coefficient (Wildman–Crippen LogP) is 4.83. The lowest BCUT2D eigenvalue weighted by Crippen LogP contribution is -2.33. The third-order valence-corrected chi connectivity index (χ3v) is 6.30. The zero-order valence-corrected chi connectivity index (χ0v) is 18.8. The molecule has 1 amide bonds. The summed E-state index contributed by atoms with van der Waals surface area (Å²) in [6, 6.07) is 14.6. The lowest BCUT2D eigenvalue weighted by atomic mass is 9.98. The first-order valence-corrected chi connectivity index (χ1v) is 11.2. The molecule has 156 valence electrons. The largest absolute Gasteiger partial charge is 0.450 e. The van der Waals surface area contributed by atoms with Gasteiger partial charge in [-0.2, -0.15) is 0 Å². The van der Waals surface area contributed by atoms with Gasteiger partial charge in [0.15, 0.2) is 5.43 Å². The molecule has 2 heterocycles. The van der Waals surface area contributed by atoms with Crippen LogP contribution in [0.15, 0.2) is 62.2 Å². The van der Waals surface area contributed by atoms with Crippen molar-refractivity contribution in [2.45, 2.75) is 26.3 Å². The Hall–Kier alpha value is -2.44. The number of hydrogen-bond donors (Lipinski definition) is 0. The van der Waals surface area contributed by atoms with Crippen molar-refractivity contribution in [3.63, 3.8) is 0 Å². The number of amides is 1. The summed E-state index contributed by atoms with van der Waals surface area (Å²) in [6.07, 6.45) is 0.837. The highest BCUT2D eigenvalue weighted by Gasteiger charge is 2.42. The average Bonchev–Trinajstić information content (AvgIpc) is 3.04. The standard InChI is InChI=1S/C24H25BrN2O3/c1-3-26(4-2)13-8-14-27-21(16-9-6-5-7-10-16)20-22(28)18-15-17(25)11-12-19(18)30-23(20)24(27)29/h5-7,9-12,15,21H,3-4,8,13-14H2,1-2H3/t21-/m0/s1. The SMILES string of the molecule is CCN(CC)CCCN1C(=O)c2oc3ccc(Br)cc3c(=O)c2[C@@H]1c1ccccc1. The Morgan fingerprint density at radius 1 is 1.07 bits per heavy atom. The molecule has 5 nitrogen and oxygen atoms in total. The molecular formula is C24H25BrN2O3. The minimum absolute atomic E-state index is 0.138. The molecule has 1 atom stereocenters. The summed E-state index contributed by atoms with van der Waals surface area (Å²) in [5.74, 6) is -0.0353. The quantitative estimate of drug-likeness (QED) is 0.498. The minimum Gasteiger partial charge on any atom is -0.450 e. The van der Waals surface area contributed by atoms with Crippen molar-refractivity contribution in [1.29, 1.82) is 0 Å². The van der Waals surface area contributed by atoms with E-state index in [9.17, 15) is 9.59 Å². The molecule has 0 unspecified atom stereocenters. The van der Waals surface area contributed by atoms with Crippen LogP contribution in [0, 0.1) is 0 Å². The van der Waals surface area contributed by atoms with Gasteiger partial charge in [0.05, 0.1) is 17.0 Å². The van der Waals surface area contributed by atoms with Crippen LogP contribution in [-0.4, -0.2) is 41.9 Å². The van der Waals surface area contributed by atoms with Crippen LogP contribution in [0.4, 0.5) is 0 Å². The molecule has 1 aliphatic rings. The molecule has 0 N–H and O–H groups in total. The van der Waals surface area contributed by atoms with E-state index in [1.807, 2.05) is 36.4 Å². The average molecular weight is 469 g/mol. The van der Waals surface area contributed by atoms with Crippen molar-refractivity contribution >= 4 is 32.8 Å². The van der Waals surface area contributed by atoms with Crippen molar-refractivity contribution in [2.75, 3.05) is 26.2 Å². The van der Waals surface area contributed by atoms with Crippen LogP contribution in [0.25, 0.3) is 11.0 Å². The maximum absolute atomic E-state index is 13.5. The minimum atomic E-state index is -0.426. The number of carbonyl (C=O) groups excluding carboxylic acids is 1. The Bertz CT molecular complexity index is 1120. The smallest absolute Gasteiger partial charge is 0.290 e. The monoisotopic (exact) mass is 468 g/mol. The highest BCUT2D eigenvalue weighted by atomic mass is 79.9. The maximum atomic E-state index is 13.5. The first kappa shape index (κ1) is 20.8. The van der Waals surface area contributed by atoms with Gasteiger partial charge in [0.2, 0.25) is 5.76 Å². The number of fused-ring (bicyclic) bond motifs is 2. The molecule has 3 aromatic rings. The molecule has 1 aromatic heterocycles. The molecule has 0 saturated heterocycles. The molecule has 30 heavy (non-hydrogen) atoms. The number of halogens is 1. The van der Waals surface area contributed by atoms with E-state index in [0.717, 1.165) is 36.1 Å². The Balaban J connectivity index is 1.79. The van der Waals surface area contributed by atoms with Crippen LogP contribution in [0.1, 0.15) is 48.0 Å². The van der Waals surface area contributed by atoms with Crippen LogP contribution in [-0.2, 0) is 0 Å².